The van der Waals surface area contributed by atoms with Gasteiger partial charge in [-0.1, -0.05) is 30.7 Å². The van der Waals surface area contributed by atoms with Gasteiger partial charge in [-0.05, 0) is 55.5 Å². The number of sulfonamides is 1. The van der Waals surface area contributed by atoms with Gasteiger partial charge in [0.1, 0.15) is 9.96 Å². The van der Waals surface area contributed by atoms with E-state index >= 15 is 0 Å². The normalized spacial score (nSPS) is 16.9. The molecule has 1 fully saturated rings. The number of hydrogen-bond donors (Lipinski definition) is 1. The van der Waals surface area contributed by atoms with E-state index in [1.54, 1.807) is 12.1 Å². The number of nitrogens with zero attached hydrogens (tertiary/aromatic N) is 1. The van der Waals surface area contributed by atoms with Crippen molar-refractivity contribution in [3.8, 4) is 5.75 Å². The largest absolute Gasteiger partial charge is 0.494 e. The van der Waals surface area contributed by atoms with Crippen molar-refractivity contribution in [3.63, 3.8) is 0 Å². The van der Waals surface area contributed by atoms with Crippen molar-refractivity contribution in [2.75, 3.05) is 19.7 Å². The van der Waals surface area contributed by atoms with Crippen LogP contribution in [0.4, 0.5) is 0 Å². The molecule has 1 aromatic heterocycles. The second kappa shape index (κ2) is 10.1. The highest BCUT2D eigenvalue weighted by molar-refractivity contribution is 7.91. The Morgan fingerprint density at radius 3 is 2.47 bits per heavy atom. The van der Waals surface area contributed by atoms with E-state index in [-0.39, 0.29) is 22.0 Å². The Balaban J connectivity index is 1.49. The summed E-state index contributed by atoms with van der Waals surface area (Å²) in [6.45, 7) is 5.77. The molecule has 1 saturated heterocycles. The third-order valence-corrected chi connectivity index (χ3v) is 9.06. The molecule has 0 radical (unpaired) electrons. The predicted molar refractivity (Wildman–Crippen MR) is 119 cm³/mol. The van der Waals surface area contributed by atoms with E-state index in [4.69, 9.17) is 16.3 Å². The van der Waals surface area contributed by atoms with Crippen LogP contribution in [0.15, 0.2) is 40.6 Å². The van der Waals surface area contributed by atoms with Gasteiger partial charge >= 0.3 is 0 Å². The average Bonchev–Trinajstić information content (AvgIpc) is 3.20. The summed E-state index contributed by atoms with van der Waals surface area (Å²) < 4.78 is 33.1. The monoisotopic (exact) mass is 470 g/mol. The van der Waals surface area contributed by atoms with Crippen LogP contribution < -0.4 is 10.1 Å². The van der Waals surface area contributed by atoms with Crippen LogP contribution in [0.3, 0.4) is 0 Å². The molecule has 1 N–H and O–H groups in total. The first-order valence-corrected chi connectivity index (χ1v) is 12.7. The SMILES string of the molecule is CCOc1ccc(CNC(=O)[C@H](C)C2CCN(S(=O)(=O)c3ccc(Cl)s3)CC2)cc1. The molecule has 2 aromatic rings. The van der Waals surface area contributed by atoms with E-state index in [2.05, 4.69) is 5.32 Å². The maximum absolute atomic E-state index is 12.7. The summed E-state index contributed by atoms with van der Waals surface area (Å²) >= 11 is 6.96. The Morgan fingerprint density at radius 2 is 1.90 bits per heavy atom. The molecule has 0 aliphatic carbocycles. The van der Waals surface area contributed by atoms with Gasteiger partial charge in [-0.25, -0.2) is 8.42 Å². The molecule has 30 heavy (non-hydrogen) atoms. The molecule has 9 heteroatoms. The quantitative estimate of drug-likeness (QED) is 0.628. The fourth-order valence-electron chi connectivity index (χ4n) is 3.61. The van der Waals surface area contributed by atoms with Crippen molar-refractivity contribution in [2.24, 2.45) is 11.8 Å². The molecule has 2 heterocycles. The molecule has 1 atom stereocenters. The summed E-state index contributed by atoms with van der Waals surface area (Å²) in [5.41, 5.74) is 1.01. The summed E-state index contributed by atoms with van der Waals surface area (Å²) in [7, 11) is -3.51. The van der Waals surface area contributed by atoms with Gasteiger partial charge in [0.25, 0.3) is 10.0 Å². The van der Waals surface area contributed by atoms with Crippen LogP contribution in [0.2, 0.25) is 4.34 Å². The number of rotatable bonds is 8. The molecule has 1 aliphatic heterocycles. The third-order valence-electron chi connectivity index (χ3n) is 5.46. The van der Waals surface area contributed by atoms with Crippen LogP contribution in [0.25, 0.3) is 0 Å². The zero-order chi connectivity index (χ0) is 21.7. The van der Waals surface area contributed by atoms with Crippen LogP contribution >= 0.6 is 22.9 Å². The van der Waals surface area contributed by atoms with Gasteiger partial charge in [0.2, 0.25) is 5.91 Å². The number of thiophene rings is 1. The second-order valence-corrected chi connectivity index (χ2v) is 11.3. The Morgan fingerprint density at radius 1 is 1.23 bits per heavy atom. The van der Waals surface area contributed by atoms with Crippen molar-refractivity contribution in [1.82, 2.24) is 9.62 Å². The lowest BCUT2D eigenvalue weighted by Crippen LogP contribution is -2.42. The molecule has 1 aliphatic rings. The van der Waals surface area contributed by atoms with Gasteiger partial charge in [0.05, 0.1) is 10.9 Å². The smallest absolute Gasteiger partial charge is 0.252 e. The standard InChI is InChI=1S/C21H27ClN2O4S2/c1-3-28-18-6-4-16(5-7-18)14-23-21(25)15(2)17-10-12-24(13-11-17)30(26,27)20-9-8-19(22)29-20/h4-9,15,17H,3,10-14H2,1-2H3,(H,23,25)/t15-/m1/s1. The van der Waals surface area contributed by atoms with Crippen molar-refractivity contribution in [3.05, 3.63) is 46.3 Å². The van der Waals surface area contributed by atoms with Gasteiger partial charge in [-0.3, -0.25) is 4.79 Å². The number of carbonyl (C=O) groups excluding carboxylic acids is 1. The first-order chi connectivity index (χ1) is 14.3. The van der Waals surface area contributed by atoms with Gasteiger partial charge < -0.3 is 10.1 Å². The zero-order valence-corrected chi connectivity index (χ0v) is 19.5. The van der Waals surface area contributed by atoms with Crippen LogP contribution in [0, 0.1) is 11.8 Å². The van der Waals surface area contributed by atoms with Gasteiger partial charge in [-0.15, -0.1) is 11.3 Å². The van der Waals surface area contributed by atoms with E-state index in [1.165, 1.54) is 4.31 Å². The highest BCUT2D eigenvalue weighted by Gasteiger charge is 2.34. The summed E-state index contributed by atoms with van der Waals surface area (Å²) in [5, 5.41) is 2.99. The fourth-order valence-corrected chi connectivity index (χ4v) is 6.72. The molecule has 6 nitrogen and oxygen atoms in total. The molecular formula is C21H27ClN2O4S2. The molecule has 0 spiro atoms. The molecule has 0 saturated carbocycles. The minimum atomic E-state index is -3.51. The molecule has 3 rings (SSSR count). The zero-order valence-electron chi connectivity index (χ0n) is 17.1. The van der Waals surface area contributed by atoms with Gasteiger partial charge in [0.15, 0.2) is 0 Å². The Labute approximate surface area is 187 Å². The van der Waals surface area contributed by atoms with Crippen molar-refractivity contribution in [1.29, 1.82) is 0 Å². The maximum atomic E-state index is 12.7. The number of hydrogen-bond acceptors (Lipinski definition) is 5. The number of amides is 1. The van der Waals surface area contributed by atoms with Crippen molar-refractivity contribution >= 4 is 38.9 Å². The lowest BCUT2D eigenvalue weighted by atomic mass is 9.85. The summed E-state index contributed by atoms with van der Waals surface area (Å²) in [6, 6.07) is 10.8. The van der Waals surface area contributed by atoms with E-state index in [9.17, 15) is 13.2 Å². The first kappa shape index (κ1) is 23.1. The molecular weight excluding hydrogens is 444 g/mol. The van der Waals surface area contributed by atoms with Gasteiger partial charge in [-0.2, -0.15) is 4.31 Å². The molecule has 0 bridgehead atoms. The lowest BCUT2D eigenvalue weighted by Gasteiger charge is -2.33. The average molecular weight is 471 g/mol. The lowest BCUT2D eigenvalue weighted by molar-refractivity contribution is -0.126. The van der Waals surface area contributed by atoms with E-state index in [1.807, 2.05) is 38.1 Å². The Kier molecular flexibility index (Phi) is 7.79. The molecule has 0 unspecified atom stereocenters. The minimum absolute atomic E-state index is 0.00442. The summed E-state index contributed by atoms with van der Waals surface area (Å²) in [5.74, 6) is 0.792. The Hall–Kier alpha value is -1.61. The van der Waals surface area contributed by atoms with E-state index in [0.717, 1.165) is 22.6 Å². The van der Waals surface area contributed by atoms with E-state index in [0.29, 0.717) is 43.4 Å². The second-order valence-electron chi connectivity index (χ2n) is 7.38. The number of halogens is 1. The number of ether oxygens (including phenoxy) is 1. The topological polar surface area (TPSA) is 75.7 Å². The predicted octanol–water partition coefficient (Wildman–Crippen LogP) is 4.15. The van der Waals surface area contributed by atoms with E-state index < -0.39 is 10.0 Å². The molecule has 1 amide bonds. The first-order valence-electron chi connectivity index (χ1n) is 10.1. The van der Waals surface area contributed by atoms with Crippen LogP contribution in [0.5, 0.6) is 5.75 Å². The fraction of sp³-hybridized carbons (Fsp3) is 0.476. The highest BCUT2D eigenvalue weighted by Crippen LogP contribution is 2.32. The van der Waals surface area contributed by atoms with Crippen LogP contribution in [-0.2, 0) is 21.4 Å². The molecule has 1 aromatic carbocycles. The minimum Gasteiger partial charge on any atom is -0.494 e. The Bertz CT molecular complexity index is 952. The highest BCUT2D eigenvalue weighted by atomic mass is 35.5. The number of nitrogens with one attached hydrogen (secondary N) is 1. The van der Waals surface area contributed by atoms with Crippen LogP contribution in [0.1, 0.15) is 32.3 Å². The number of benzene rings is 1. The third kappa shape index (κ3) is 5.55. The number of piperidine rings is 1. The summed E-state index contributed by atoms with van der Waals surface area (Å²) in [6.07, 6.45) is 1.33. The van der Waals surface area contributed by atoms with Crippen molar-refractivity contribution in [2.45, 2.75) is 37.4 Å². The van der Waals surface area contributed by atoms with Gasteiger partial charge in [0, 0.05) is 25.6 Å². The number of carbonyl (C=O) groups is 1. The summed E-state index contributed by atoms with van der Waals surface area (Å²) in [4.78, 5) is 12.6. The van der Waals surface area contributed by atoms with Crippen molar-refractivity contribution < 1.29 is 17.9 Å². The molecule has 164 valence electrons. The maximum Gasteiger partial charge on any atom is 0.252 e. The van der Waals surface area contributed by atoms with Crippen LogP contribution in [-0.4, -0.2) is 38.3 Å².